The van der Waals surface area contributed by atoms with Crippen molar-refractivity contribution in [2.75, 3.05) is 32.7 Å². The van der Waals surface area contributed by atoms with Gasteiger partial charge in [0, 0.05) is 45.1 Å². The molecule has 1 atom stereocenters. The lowest BCUT2D eigenvalue weighted by Gasteiger charge is -2.37. The molecule has 0 aromatic carbocycles. The highest BCUT2D eigenvalue weighted by molar-refractivity contribution is 5.89. The second-order valence-electron chi connectivity index (χ2n) is 7.89. The number of hydrogen-bond donors (Lipinski definition) is 0. The smallest absolute Gasteiger partial charge is 0.228 e. The Labute approximate surface area is 159 Å². The fourth-order valence-electron chi connectivity index (χ4n) is 4.52. The maximum absolute atomic E-state index is 12.8. The highest BCUT2D eigenvalue weighted by Crippen LogP contribution is 2.27. The summed E-state index contributed by atoms with van der Waals surface area (Å²) in [5.74, 6) is 0.938. The fraction of sp³-hybridized carbons (Fsp3) is 0.650. The van der Waals surface area contributed by atoms with E-state index in [1.807, 2.05) is 15.9 Å². The number of nitrogens with zero attached hydrogens (tertiary/aromatic N) is 3. The van der Waals surface area contributed by atoms with Gasteiger partial charge in [-0.2, -0.15) is 0 Å². The summed E-state index contributed by atoms with van der Waals surface area (Å²) in [5.41, 5.74) is 0. The summed E-state index contributed by atoms with van der Waals surface area (Å²) < 4.78 is 5.31. The lowest BCUT2D eigenvalue weighted by Crippen LogP contribution is -2.53. The molecule has 1 saturated carbocycles. The lowest BCUT2D eigenvalue weighted by molar-refractivity contribution is -0.143. The molecule has 1 aliphatic carbocycles. The highest BCUT2D eigenvalue weighted by atomic mass is 16.3. The van der Waals surface area contributed by atoms with E-state index in [0.29, 0.717) is 39.3 Å². The second-order valence-corrected chi connectivity index (χ2v) is 7.89. The number of piperazine rings is 1. The monoisotopic (exact) mass is 373 g/mol. The number of carbonyl (C=O) groups is 3. The zero-order valence-electron chi connectivity index (χ0n) is 15.6. The second kappa shape index (κ2) is 7.74. The molecule has 1 aromatic rings. The SMILES string of the molecule is O=C1CC(C(=O)N2CCN(C(=O)C3CCCC3)CC2)CN1Cc1ccco1. The van der Waals surface area contributed by atoms with E-state index >= 15 is 0 Å². The van der Waals surface area contributed by atoms with E-state index in [0.717, 1.165) is 31.4 Å². The summed E-state index contributed by atoms with van der Waals surface area (Å²) in [4.78, 5) is 43.1. The van der Waals surface area contributed by atoms with E-state index in [2.05, 4.69) is 0 Å². The first-order chi connectivity index (χ1) is 13.1. The van der Waals surface area contributed by atoms with Crippen LogP contribution in [-0.2, 0) is 20.9 Å². The van der Waals surface area contributed by atoms with Gasteiger partial charge < -0.3 is 19.1 Å². The van der Waals surface area contributed by atoms with Crippen molar-refractivity contribution in [1.82, 2.24) is 14.7 Å². The molecule has 0 radical (unpaired) electrons. The molecule has 1 aromatic heterocycles. The molecule has 3 amide bonds. The summed E-state index contributed by atoms with van der Waals surface area (Å²) in [6.45, 7) is 3.22. The quantitative estimate of drug-likeness (QED) is 0.801. The minimum Gasteiger partial charge on any atom is -0.467 e. The third-order valence-corrected chi connectivity index (χ3v) is 6.10. The normalized spacial score (nSPS) is 24.1. The molecular weight excluding hydrogens is 346 g/mol. The van der Waals surface area contributed by atoms with Crippen LogP contribution in [0.15, 0.2) is 22.8 Å². The summed E-state index contributed by atoms with van der Waals surface area (Å²) in [7, 11) is 0. The minimum absolute atomic E-state index is 0.000188. The van der Waals surface area contributed by atoms with Crippen molar-refractivity contribution in [3.05, 3.63) is 24.2 Å². The van der Waals surface area contributed by atoms with E-state index < -0.39 is 0 Å². The Bertz CT molecular complexity index is 688. The van der Waals surface area contributed by atoms with Crippen molar-refractivity contribution < 1.29 is 18.8 Å². The zero-order chi connectivity index (χ0) is 18.8. The standard InChI is InChI=1S/C20H27N3O4/c24-18-12-16(13-23(18)14-17-6-3-11-27-17)20(26)22-9-7-21(8-10-22)19(25)15-4-1-2-5-15/h3,6,11,15-16H,1-2,4-5,7-10,12-14H2. The van der Waals surface area contributed by atoms with Gasteiger partial charge in [-0.15, -0.1) is 0 Å². The van der Waals surface area contributed by atoms with Crippen molar-refractivity contribution in [1.29, 1.82) is 0 Å². The number of rotatable bonds is 4. The third-order valence-electron chi connectivity index (χ3n) is 6.10. The van der Waals surface area contributed by atoms with Gasteiger partial charge in [0.25, 0.3) is 0 Å². The maximum Gasteiger partial charge on any atom is 0.228 e. The Balaban J connectivity index is 1.28. The minimum atomic E-state index is -0.287. The summed E-state index contributed by atoms with van der Waals surface area (Å²) >= 11 is 0. The Kier molecular flexibility index (Phi) is 5.18. The molecule has 27 heavy (non-hydrogen) atoms. The fourth-order valence-corrected chi connectivity index (χ4v) is 4.52. The van der Waals surface area contributed by atoms with E-state index in [9.17, 15) is 14.4 Å². The number of amides is 3. The molecule has 0 N–H and O–H groups in total. The van der Waals surface area contributed by atoms with Gasteiger partial charge >= 0.3 is 0 Å². The van der Waals surface area contributed by atoms with E-state index in [-0.39, 0.29) is 36.0 Å². The Morgan fingerprint density at radius 2 is 1.63 bits per heavy atom. The Hall–Kier alpha value is -2.31. The predicted octanol–water partition coefficient (Wildman–Crippen LogP) is 1.49. The van der Waals surface area contributed by atoms with Crippen LogP contribution < -0.4 is 0 Å². The molecule has 3 fully saturated rings. The van der Waals surface area contributed by atoms with Crippen LogP contribution in [0, 0.1) is 11.8 Å². The van der Waals surface area contributed by atoms with E-state index in [4.69, 9.17) is 4.42 Å². The average molecular weight is 373 g/mol. The number of likely N-dealkylation sites (tertiary alicyclic amines) is 1. The van der Waals surface area contributed by atoms with Crippen molar-refractivity contribution in [2.24, 2.45) is 11.8 Å². The first kappa shape index (κ1) is 18.1. The molecule has 2 saturated heterocycles. The molecule has 146 valence electrons. The van der Waals surface area contributed by atoms with Crippen molar-refractivity contribution in [3.8, 4) is 0 Å². The van der Waals surface area contributed by atoms with Crippen LogP contribution in [0.5, 0.6) is 0 Å². The molecule has 3 aliphatic rings. The van der Waals surface area contributed by atoms with Crippen LogP contribution in [0.1, 0.15) is 37.9 Å². The lowest BCUT2D eigenvalue weighted by atomic mass is 10.0. The van der Waals surface area contributed by atoms with Gasteiger partial charge in [0.1, 0.15) is 5.76 Å². The summed E-state index contributed by atoms with van der Waals surface area (Å²) in [6.07, 6.45) is 6.17. The van der Waals surface area contributed by atoms with Crippen molar-refractivity contribution in [2.45, 2.75) is 38.6 Å². The van der Waals surface area contributed by atoms with Crippen LogP contribution in [0.4, 0.5) is 0 Å². The number of carbonyl (C=O) groups excluding carboxylic acids is 3. The van der Waals surface area contributed by atoms with Gasteiger partial charge in [-0.25, -0.2) is 0 Å². The largest absolute Gasteiger partial charge is 0.467 e. The molecule has 3 heterocycles. The first-order valence-corrected chi connectivity index (χ1v) is 9.99. The number of furan rings is 1. The molecule has 1 unspecified atom stereocenters. The van der Waals surface area contributed by atoms with Gasteiger partial charge in [-0.05, 0) is 25.0 Å². The van der Waals surface area contributed by atoms with Gasteiger partial charge in [0.2, 0.25) is 17.7 Å². The molecular formula is C20H27N3O4. The number of hydrogen-bond acceptors (Lipinski definition) is 4. The predicted molar refractivity (Wildman–Crippen MR) is 97.4 cm³/mol. The van der Waals surface area contributed by atoms with Gasteiger partial charge in [-0.3, -0.25) is 14.4 Å². The molecule has 4 rings (SSSR count). The zero-order valence-corrected chi connectivity index (χ0v) is 15.6. The Morgan fingerprint density at radius 1 is 1.00 bits per heavy atom. The highest BCUT2D eigenvalue weighted by Gasteiger charge is 2.38. The topological polar surface area (TPSA) is 74.1 Å². The first-order valence-electron chi connectivity index (χ1n) is 9.99. The van der Waals surface area contributed by atoms with Crippen molar-refractivity contribution >= 4 is 17.7 Å². The van der Waals surface area contributed by atoms with Crippen LogP contribution in [0.3, 0.4) is 0 Å². The van der Waals surface area contributed by atoms with Crippen LogP contribution in [-0.4, -0.2) is 65.1 Å². The molecule has 2 aliphatic heterocycles. The summed E-state index contributed by atoms with van der Waals surface area (Å²) in [6, 6.07) is 3.63. The Morgan fingerprint density at radius 3 is 2.22 bits per heavy atom. The van der Waals surface area contributed by atoms with Crippen LogP contribution in [0.25, 0.3) is 0 Å². The molecule has 7 nitrogen and oxygen atoms in total. The van der Waals surface area contributed by atoms with Gasteiger partial charge in [0.05, 0.1) is 18.7 Å². The molecule has 0 bridgehead atoms. The van der Waals surface area contributed by atoms with E-state index in [1.54, 1.807) is 17.2 Å². The van der Waals surface area contributed by atoms with E-state index in [1.165, 1.54) is 0 Å². The van der Waals surface area contributed by atoms with Gasteiger partial charge in [0.15, 0.2) is 0 Å². The third kappa shape index (κ3) is 3.87. The maximum atomic E-state index is 12.8. The summed E-state index contributed by atoms with van der Waals surface area (Å²) in [5, 5.41) is 0. The molecule has 0 spiro atoms. The van der Waals surface area contributed by atoms with Crippen LogP contribution in [0.2, 0.25) is 0 Å². The van der Waals surface area contributed by atoms with Crippen LogP contribution >= 0.6 is 0 Å². The van der Waals surface area contributed by atoms with Gasteiger partial charge in [-0.1, -0.05) is 12.8 Å². The molecule has 7 heteroatoms. The van der Waals surface area contributed by atoms with Crippen molar-refractivity contribution in [3.63, 3.8) is 0 Å². The average Bonchev–Trinajstić information content (AvgIpc) is 3.44.